The predicted octanol–water partition coefficient (Wildman–Crippen LogP) is 2.04. The fourth-order valence-corrected chi connectivity index (χ4v) is 3.19. The van der Waals surface area contributed by atoms with Crippen LogP contribution in [0.25, 0.3) is 0 Å². The van der Waals surface area contributed by atoms with Gasteiger partial charge in [0.25, 0.3) is 5.69 Å². The van der Waals surface area contributed by atoms with Gasteiger partial charge in [0, 0.05) is 50.5 Å². The molecule has 28 heavy (non-hydrogen) atoms. The van der Waals surface area contributed by atoms with Gasteiger partial charge in [-0.3, -0.25) is 19.8 Å². The Labute approximate surface area is 163 Å². The molecule has 1 fully saturated rings. The topological polar surface area (TPSA) is 88.0 Å². The molecule has 148 valence electrons. The van der Waals surface area contributed by atoms with E-state index in [2.05, 4.69) is 15.1 Å². The number of anilines is 1. The van der Waals surface area contributed by atoms with E-state index in [-0.39, 0.29) is 11.6 Å². The Balaban J connectivity index is 1.43. The third kappa shape index (κ3) is 5.20. The number of nitro benzene ring substituents is 1. The van der Waals surface area contributed by atoms with E-state index in [0.29, 0.717) is 13.1 Å². The van der Waals surface area contributed by atoms with Crippen molar-refractivity contribution in [3.05, 3.63) is 64.2 Å². The predicted molar refractivity (Wildman–Crippen MR) is 107 cm³/mol. The second-order valence-electron chi connectivity index (χ2n) is 6.66. The maximum Gasteiger partial charge on any atom is 0.269 e. The highest BCUT2D eigenvalue weighted by Gasteiger charge is 2.19. The number of amides is 1. The van der Waals surface area contributed by atoms with Crippen LogP contribution in [0.2, 0.25) is 0 Å². The van der Waals surface area contributed by atoms with Crippen LogP contribution in [0.5, 0.6) is 5.75 Å². The van der Waals surface area contributed by atoms with Gasteiger partial charge in [-0.15, -0.1) is 0 Å². The first kappa shape index (κ1) is 19.6. The van der Waals surface area contributed by atoms with Gasteiger partial charge in [0.2, 0.25) is 5.91 Å². The molecule has 0 aromatic heterocycles. The summed E-state index contributed by atoms with van der Waals surface area (Å²) >= 11 is 0. The number of carbonyl (C=O) groups excluding carboxylic acids is 1. The fraction of sp³-hybridized carbons (Fsp3) is 0.350. The number of ether oxygens (including phenoxy) is 1. The third-order valence-electron chi connectivity index (χ3n) is 4.79. The van der Waals surface area contributed by atoms with Gasteiger partial charge < -0.3 is 15.0 Å². The number of hydrogen-bond donors (Lipinski definition) is 1. The number of hydrogen-bond acceptors (Lipinski definition) is 6. The van der Waals surface area contributed by atoms with E-state index in [4.69, 9.17) is 4.74 Å². The number of methoxy groups -OCH3 is 1. The highest BCUT2D eigenvalue weighted by molar-refractivity contribution is 5.78. The van der Waals surface area contributed by atoms with E-state index in [9.17, 15) is 14.9 Å². The lowest BCUT2D eigenvalue weighted by Crippen LogP contribution is -2.49. The van der Waals surface area contributed by atoms with Crippen LogP contribution in [-0.4, -0.2) is 55.6 Å². The molecule has 1 saturated heterocycles. The quantitative estimate of drug-likeness (QED) is 0.581. The van der Waals surface area contributed by atoms with Crippen LogP contribution in [0.1, 0.15) is 5.56 Å². The molecule has 1 aliphatic heterocycles. The molecule has 1 amide bonds. The zero-order valence-corrected chi connectivity index (χ0v) is 15.8. The molecular formula is C20H24N4O4. The maximum absolute atomic E-state index is 12.2. The Bertz CT molecular complexity index is 817. The average molecular weight is 384 g/mol. The lowest BCUT2D eigenvalue weighted by atomic mass is 10.2. The highest BCUT2D eigenvalue weighted by Crippen LogP contribution is 2.20. The summed E-state index contributed by atoms with van der Waals surface area (Å²) in [5.74, 6) is 0.765. The summed E-state index contributed by atoms with van der Waals surface area (Å²) in [5, 5.41) is 13.7. The van der Waals surface area contributed by atoms with Gasteiger partial charge in [-0.05, 0) is 29.8 Å². The lowest BCUT2D eigenvalue weighted by Gasteiger charge is -2.35. The normalized spacial score (nSPS) is 14.5. The molecular weight excluding hydrogens is 360 g/mol. The standard InChI is InChI=1S/C20H24N4O4/c1-28-19-4-2-3-16(13-19)14-21-20(25)15-22-9-11-23(12-10-22)17-5-7-18(8-6-17)24(26)27/h2-8,13H,9-12,14-15H2,1H3,(H,21,25). The number of nitro groups is 1. The number of nitrogens with zero attached hydrogens (tertiary/aromatic N) is 3. The lowest BCUT2D eigenvalue weighted by molar-refractivity contribution is -0.384. The second-order valence-corrected chi connectivity index (χ2v) is 6.66. The fourth-order valence-electron chi connectivity index (χ4n) is 3.19. The molecule has 8 heteroatoms. The van der Waals surface area contributed by atoms with Crippen LogP contribution in [0, 0.1) is 10.1 Å². The number of non-ortho nitro benzene ring substituents is 1. The van der Waals surface area contributed by atoms with Crippen LogP contribution in [-0.2, 0) is 11.3 Å². The highest BCUT2D eigenvalue weighted by atomic mass is 16.6. The SMILES string of the molecule is COc1cccc(CNC(=O)CN2CCN(c3ccc([N+](=O)[O-])cc3)CC2)c1. The van der Waals surface area contributed by atoms with Crippen LogP contribution in [0.4, 0.5) is 11.4 Å². The largest absolute Gasteiger partial charge is 0.497 e. The number of nitrogens with one attached hydrogen (secondary N) is 1. The van der Waals surface area contributed by atoms with Crippen molar-refractivity contribution < 1.29 is 14.5 Å². The summed E-state index contributed by atoms with van der Waals surface area (Å²) < 4.78 is 5.19. The van der Waals surface area contributed by atoms with Crippen LogP contribution >= 0.6 is 0 Å². The Morgan fingerprint density at radius 2 is 1.86 bits per heavy atom. The van der Waals surface area contributed by atoms with Crippen LogP contribution in [0.15, 0.2) is 48.5 Å². The Kier molecular flexibility index (Phi) is 6.44. The van der Waals surface area contributed by atoms with E-state index >= 15 is 0 Å². The third-order valence-corrected chi connectivity index (χ3v) is 4.79. The summed E-state index contributed by atoms with van der Waals surface area (Å²) in [5.41, 5.74) is 2.05. The van der Waals surface area contributed by atoms with E-state index < -0.39 is 4.92 Å². The van der Waals surface area contributed by atoms with Crippen molar-refractivity contribution in [1.29, 1.82) is 0 Å². The Hall–Kier alpha value is -3.13. The zero-order chi connectivity index (χ0) is 19.9. The van der Waals surface area contributed by atoms with Gasteiger partial charge in [0.05, 0.1) is 18.6 Å². The first-order chi connectivity index (χ1) is 13.5. The van der Waals surface area contributed by atoms with Crippen LogP contribution in [0.3, 0.4) is 0 Å². The number of benzene rings is 2. The van der Waals surface area contributed by atoms with Crippen molar-refractivity contribution in [2.45, 2.75) is 6.54 Å². The molecule has 1 N–H and O–H groups in total. The summed E-state index contributed by atoms with van der Waals surface area (Å²) in [7, 11) is 1.62. The second kappa shape index (κ2) is 9.18. The van der Waals surface area contributed by atoms with Gasteiger partial charge in [0.1, 0.15) is 5.75 Å². The van der Waals surface area contributed by atoms with Crippen molar-refractivity contribution in [3.63, 3.8) is 0 Å². The summed E-state index contributed by atoms with van der Waals surface area (Å²) in [4.78, 5) is 26.9. The zero-order valence-electron chi connectivity index (χ0n) is 15.8. The molecule has 0 spiro atoms. The molecule has 1 aliphatic rings. The Morgan fingerprint density at radius 1 is 1.14 bits per heavy atom. The van der Waals surface area contributed by atoms with Gasteiger partial charge in [-0.1, -0.05) is 12.1 Å². The minimum atomic E-state index is -0.397. The molecule has 8 nitrogen and oxygen atoms in total. The molecule has 1 heterocycles. The molecule has 3 rings (SSSR count). The van der Waals surface area contributed by atoms with E-state index in [1.54, 1.807) is 19.2 Å². The number of piperazine rings is 1. The monoisotopic (exact) mass is 384 g/mol. The van der Waals surface area contributed by atoms with Gasteiger partial charge in [-0.25, -0.2) is 0 Å². The average Bonchev–Trinajstić information content (AvgIpc) is 2.73. The van der Waals surface area contributed by atoms with Crippen molar-refractivity contribution in [3.8, 4) is 5.75 Å². The van der Waals surface area contributed by atoms with Crippen molar-refractivity contribution >= 4 is 17.3 Å². The molecule has 0 radical (unpaired) electrons. The van der Waals surface area contributed by atoms with Crippen LogP contribution < -0.4 is 15.0 Å². The number of carbonyl (C=O) groups is 1. The molecule has 0 aliphatic carbocycles. The first-order valence-corrected chi connectivity index (χ1v) is 9.16. The summed E-state index contributed by atoms with van der Waals surface area (Å²) in [6, 6.07) is 14.2. The molecule has 2 aromatic carbocycles. The van der Waals surface area contributed by atoms with Gasteiger partial charge in [-0.2, -0.15) is 0 Å². The maximum atomic E-state index is 12.2. The van der Waals surface area contributed by atoms with E-state index in [0.717, 1.165) is 43.2 Å². The van der Waals surface area contributed by atoms with Gasteiger partial charge in [0.15, 0.2) is 0 Å². The van der Waals surface area contributed by atoms with Crippen molar-refractivity contribution in [2.24, 2.45) is 0 Å². The molecule has 0 saturated carbocycles. The van der Waals surface area contributed by atoms with Gasteiger partial charge >= 0.3 is 0 Å². The first-order valence-electron chi connectivity index (χ1n) is 9.16. The van der Waals surface area contributed by atoms with Crippen molar-refractivity contribution in [1.82, 2.24) is 10.2 Å². The summed E-state index contributed by atoms with van der Waals surface area (Å²) in [6.45, 7) is 3.92. The van der Waals surface area contributed by atoms with E-state index in [1.165, 1.54) is 12.1 Å². The summed E-state index contributed by atoms with van der Waals surface area (Å²) in [6.07, 6.45) is 0. The van der Waals surface area contributed by atoms with Crippen molar-refractivity contribution in [2.75, 3.05) is 44.7 Å². The molecule has 2 aromatic rings. The minimum absolute atomic E-state index is 0.00777. The number of rotatable bonds is 7. The molecule has 0 atom stereocenters. The molecule has 0 bridgehead atoms. The smallest absolute Gasteiger partial charge is 0.269 e. The van der Waals surface area contributed by atoms with E-state index in [1.807, 2.05) is 24.3 Å². The minimum Gasteiger partial charge on any atom is -0.497 e. The Morgan fingerprint density at radius 3 is 2.50 bits per heavy atom. The molecule has 0 unspecified atom stereocenters.